The van der Waals surface area contributed by atoms with Gasteiger partial charge in [0.1, 0.15) is 5.75 Å². The van der Waals surface area contributed by atoms with E-state index in [0.29, 0.717) is 5.56 Å². The molecule has 1 aromatic rings. The van der Waals surface area contributed by atoms with Crippen LogP contribution in [0.2, 0.25) is 0 Å². The number of carbonyl (C=O) groups is 2. The molecule has 0 saturated carbocycles. The summed E-state index contributed by atoms with van der Waals surface area (Å²) in [5.74, 6) is -1.38. The lowest BCUT2D eigenvalue weighted by molar-refractivity contribution is -0.274. The van der Waals surface area contributed by atoms with E-state index in [4.69, 9.17) is 5.11 Å². The second-order valence-electron chi connectivity index (χ2n) is 3.94. The highest BCUT2D eigenvalue weighted by Crippen LogP contribution is 2.22. The van der Waals surface area contributed by atoms with Crippen LogP contribution in [0.4, 0.5) is 18.0 Å². The van der Waals surface area contributed by atoms with Gasteiger partial charge in [0.15, 0.2) is 0 Å². The zero-order valence-electron chi connectivity index (χ0n) is 10.7. The highest BCUT2D eigenvalue weighted by molar-refractivity contribution is 5.74. The van der Waals surface area contributed by atoms with Crippen LogP contribution in [-0.2, 0) is 11.3 Å². The van der Waals surface area contributed by atoms with Crippen LogP contribution in [0.15, 0.2) is 24.3 Å². The van der Waals surface area contributed by atoms with Gasteiger partial charge in [-0.05, 0) is 17.7 Å². The van der Waals surface area contributed by atoms with Gasteiger partial charge in [0.25, 0.3) is 0 Å². The molecular formula is C12H13F3N2O4. The zero-order chi connectivity index (χ0) is 15.9. The van der Waals surface area contributed by atoms with Crippen LogP contribution in [0.5, 0.6) is 5.75 Å². The van der Waals surface area contributed by atoms with Crippen molar-refractivity contribution in [1.82, 2.24) is 10.6 Å². The standard InChI is InChI=1S/C12H13F3N2O4/c13-12(14,15)21-9-3-1-8(2-4-9)7-17-11(20)16-6-5-10(18)19/h1-4H,5-7H2,(H,18,19)(H2,16,17,20). The van der Waals surface area contributed by atoms with E-state index in [9.17, 15) is 22.8 Å². The fraction of sp³-hybridized carbons (Fsp3) is 0.333. The molecule has 9 heteroatoms. The summed E-state index contributed by atoms with van der Waals surface area (Å²) in [6.45, 7) is 0.0741. The maximum Gasteiger partial charge on any atom is 0.573 e. The van der Waals surface area contributed by atoms with Gasteiger partial charge in [-0.3, -0.25) is 4.79 Å². The molecule has 1 rings (SSSR count). The minimum atomic E-state index is -4.75. The molecule has 0 atom stereocenters. The van der Waals surface area contributed by atoms with E-state index in [0.717, 1.165) is 12.1 Å². The Morgan fingerprint density at radius 1 is 1.14 bits per heavy atom. The van der Waals surface area contributed by atoms with Crippen molar-refractivity contribution in [2.24, 2.45) is 0 Å². The maximum absolute atomic E-state index is 11.9. The van der Waals surface area contributed by atoms with E-state index in [1.165, 1.54) is 12.1 Å². The summed E-state index contributed by atoms with van der Waals surface area (Å²) in [4.78, 5) is 21.5. The van der Waals surface area contributed by atoms with Crippen molar-refractivity contribution in [3.05, 3.63) is 29.8 Å². The third-order valence-corrected chi connectivity index (χ3v) is 2.23. The van der Waals surface area contributed by atoms with Crippen LogP contribution in [0, 0.1) is 0 Å². The third kappa shape index (κ3) is 7.65. The average Bonchev–Trinajstić information content (AvgIpc) is 2.35. The molecule has 0 radical (unpaired) electrons. The lowest BCUT2D eigenvalue weighted by atomic mass is 10.2. The summed E-state index contributed by atoms with van der Waals surface area (Å²) < 4.78 is 39.5. The molecule has 0 fully saturated rings. The highest BCUT2D eigenvalue weighted by atomic mass is 19.4. The van der Waals surface area contributed by atoms with Crippen molar-refractivity contribution in [3.8, 4) is 5.75 Å². The smallest absolute Gasteiger partial charge is 0.481 e. The SMILES string of the molecule is O=C(O)CCNC(=O)NCc1ccc(OC(F)(F)F)cc1. The van der Waals surface area contributed by atoms with Crippen molar-refractivity contribution in [2.75, 3.05) is 6.54 Å². The molecule has 0 aliphatic heterocycles. The average molecular weight is 306 g/mol. The van der Waals surface area contributed by atoms with Crippen LogP contribution in [0.25, 0.3) is 0 Å². The number of nitrogens with one attached hydrogen (secondary N) is 2. The Labute approximate surface area is 117 Å². The topological polar surface area (TPSA) is 87.7 Å². The number of halogens is 3. The van der Waals surface area contributed by atoms with Gasteiger partial charge < -0.3 is 20.5 Å². The molecule has 0 aromatic heterocycles. The number of hydrogen-bond donors (Lipinski definition) is 3. The highest BCUT2D eigenvalue weighted by Gasteiger charge is 2.30. The number of carboxylic acid groups (broad SMARTS) is 1. The first kappa shape index (κ1) is 16.6. The van der Waals surface area contributed by atoms with E-state index in [2.05, 4.69) is 15.4 Å². The number of carboxylic acids is 1. The molecule has 21 heavy (non-hydrogen) atoms. The monoisotopic (exact) mass is 306 g/mol. The number of ether oxygens (including phenoxy) is 1. The number of urea groups is 1. The zero-order valence-corrected chi connectivity index (χ0v) is 10.7. The fourth-order valence-corrected chi connectivity index (χ4v) is 1.34. The van der Waals surface area contributed by atoms with E-state index in [1.54, 1.807) is 0 Å². The second-order valence-corrected chi connectivity index (χ2v) is 3.94. The largest absolute Gasteiger partial charge is 0.573 e. The Bertz CT molecular complexity index is 488. The number of carbonyl (C=O) groups excluding carboxylic acids is 1. The van der Waals surface area contributed by atoms with Crippen molar-refractivity contribution in [1.29, 1.82) is 0 Å². The molecule has 0 saturated heterocycles. The summed E-state index contributed by atoms with van der Waals surface area (Å²) >= 11 is 0. The van der Waals surface area contributed by atoms with Gasteiger partial charge >= 0.3 is 18.4 Å². The van der Waals surface area contributed by atoms with Gasteiger partial charge in [0.2, 0.25) is 0 Å². The minimum absolute atomic E-state index is 0.0144. The number of amides is 2. The van der Waals surface area contributed by atoms with E-state index in [-0.39, 0.29) is 25.3 Å². The Hall–Kier alpha value is -2.45. The molecule has 0 bridgehead atoms. The van der Waals surface area contributed by atoms with Crippen molar-refractivity contribution >= 4 is 12.0 Å². The first-order chi connectivity index (χ1) is 9.76. The van der Waals surface area contributed by atoms with E-state index < -0.39 is 18.4 Å². The fourth-order valence-electron chi connectivity index (χ4n) is 1.34. The number of rotatable bonds is 6. The second kappa shape index (κ2) is 7.36. The van der Waals surface area contributed by atoms with Gasteiger partial charge in [-0.15, -0.1) is 13.2 Å². The van der Waals surface area contributed by atoms with Crippen LogP contribution in [-0.4, -0.2) is 30.0 Å². The molecular weight excluding hydrogens is 293 g/mol. The molecule has 0 heterocycles. The summed E-state index contributed by atoms with van der Waals surface area (Å²) in [6.07, 6.45) is -4.94. The van der Waals surface area contributed by atoms with E-state index >= 15 is 0 Å². The van der Waals surface area contributed by atoms with Gasteiger partial charge in [0, 0.05) is 13.1 Å². The van der Waals surface area contributed by atoms with Crippen molar-refractivity contribution < 1.29 is 32.6 Å². The minimum Gasteiger partial charge on any atom is -0.481 e. The Kier molecular flexibility index (Phi) is 5.82. The lowest BCUT2D eigenvalue weighted by Gasteiger charge is -2.10. The quantitative estimate of drug-likeness (QED) is 0.748. The predicted octanol–water partition coefficient (Wildman–Crippen LogP) is 1.86. The first-order valence-electron chi connectivity index (χ1n) is 5.84. The van der Waals surface area contributed by atoms with Crippen molar-refractivity contribution in [3.63, 3.8) is 0 Å². The maximum atomic E-state index is 11.9. The number of alkyl halides is 3. The summed E-state index contributed by atoms with van der Waals surface area (Å²) in [6, 6.07) is 4.45. The summed E-state index contributed by atoms with van der Waals surface area (Å²) in [5, 5.41) is 13.1. The normalized spacial score (nSPS) is 10.8. The van der Waals surface area contributed by atoms with Crippen LogP contribution in [0.3, 0.4) is 0 Å². The molecule has 1 aromatic carbocycles. The Balaban J connectivity index is 2.35. The third-order valence-electron chi connectivity index (χ3n) is 2.23. The van der Waals surface area contributed by atoms with Crippen LogP contribution >= 0.6 is 0 Å². The number of aliphatic carboxylic acids is 1. The Morgan fingerprint density at radius 2 is 1.76 bits per heavy atom. The van der Waals surface area contributed by atoms with Crippen LogP contribution < -0.4 is 15.4 Å². The summed E-state index contributed by atoms with van der Waals surface area (Å²) in [5.41, 5.74) is 0.568. The van der Waals surface area contributed by atoms with Gasteiger partial charge in [-0.1, -0.05) is 12.1 Å². The predicted molar refractivity (Wildman–Crippen MR) is 65.6 cm³/mol. The molecule has 0 spiro atoms. The van der Waals surface area contributed by atoms with Crippen molar-refractivity contribution in [2.45, 2.75) is 19.3 Å². The van der Waals surface area contributed by atoms with Crippen LogP contribution in [0.1, 0.15) is 12.0 Å². The molecule has 2 amide bonds. The molecule has 3 N–H and O–H groups in total. The molecule has 0 aliphatic rings. The Morgan fingerprint density at radius 3 is 2.29 bits per heavy atom. The molecule has 0 unspecified atom stereocenters. The molecule has 0 aliphatic carbocycles. The van der Waals surface area contributed by atoms with Gasteiger partial charge in [0.05, 0.1) is 6.42 Å². The first-order valence-corrected chi connectivity index (χ1v) is 5.84. The molecule has 116 valence electrons. The number of hydrogen-bond acceptors (Lipinski definition) is 3. The van der Waals surface area contributed by atoms with E-state index in [1.807, 2.05) is 0 Å². The van der Waals surface area contributed by atoms with Gasteiger partial charge in [-0.2, -0.15) is 0 Å². The number of benzene rings is 1. The lowest BCUT2D eigenvalue weighted by Crippen LogP contribution is -2.36. The summed E-state index contributed by atoms with van der Waals surface area (Å²) in [7, 11) is 0. The van der Waals surface area contributed by atoms with Gasteiger partial charge in [-0.25, -0.2) is 4.79 Å². The molecule has 6 nitrogen and oxygen atoms in total.